The first-order chi connectivity index (χ1) is 19.6. The van der Waals surface area contributed by atoms with Gasteiger partial charge in [-0.1, -0.05) is 6.07 Å². The van der Waals surface area contributed by atoms with E-state index < -0.39 is 24.4 Å². The average Bonchev–Trinajstić information content (AvgIpc) is 3.62. The van der Waals surface area contributed by atoms with Crippen molar-refractivity contribution in [3.63, 3.8) is 0 Å². The van der Waals surface area contributed by atoms with E-state index in [1.165, 1.54) is 11.0 Å². The SMILES string of the molecule is Cn1cnnc1-c1cc(C#N)ccc1-c1cc(C2CC2)nc(N2Cc3c(F)cc(CNCC(F)(F)F)cc3C2=O)c1. The summed E-state index contributed by atoms with van der Waals surface area (Å²) in [5.74, 6) is -0.000889. The quantitative estimate of drug-likeness (QED) is 0.310. The van der Waals surface area contributed by atoms with Gasteiger partial charge in [0.2, 0.25) is 0 Å². The molecule has 2 aromatic carbocycles. The van der Waals surface area contributed by atoms with E-state index in [2.05, 4.69) is 21.6 Å². The number of rotatable bonds is 7. The fourth-order valence-electron chi connectivity index (χ4n) is 5.05. The molecular formula is C29H23F4N7O. The van der Waals surface area contributed by atoms with Crippen LogP contribution < -0.4 is 10.2 Å². The highest BCUT2D eigenvalue weighted by Gasteiger charge is 2.34. The topological polar surface area (TPSA) is 99.7 Å². The molecule has 0 saturated heterocycles. The summed E-state index contributed by atoms with van der Waals surface area (Å²) in [5.41, 5.74) is 3.96. The Morgan fingerprint density at radius 3 is 2.59 bits per heavy atom. The first-order valence-electron chi connectivity index (χ1n) is 12.9. The Balaban J connectivity index is 1.38. The summed E-state index contributed by atoms with van der Waals surface area (Å²) in [7, 11) is 1.80. The van der Waals surface area contributed by atoms with Crippen LogP contribution in [-0.4, -0.2) is 38.4 Å². The predicted octanol–water partition coefficient (Wildman–Crippen LogP) is 5.24. The molecule has 0 atom stereocenters. The largest absolute Gasteiger partial charge is 0.401 e. The van der Waals surface area contributed by atoms with Crippen molar-refractivity contribution in [3.8, 4) is 28.6 Å². The summed E-state index contributed by atoms with van der Waals surface area (Å²) in [4.78, 5) is 19.7. The minimum Gasteiger partial charge on any atom is -0.317 e. The van der Waals surface area contributed by atoms with Crippen molar-refractivity contribution in [2.45, 2.75) is 38.0 Å². The molecule has 0 bridgehead atoms. The van der Waals surface area contributed by atoms with E-state index in [1.54, 1.807) is 36.1 Å². The zero-order chi connectivity index (χ0) is 28.9. The lowest BCUT2D eigenvalue weighted by molar-refractivity contribution is -0.125. The Morgan fingerprint density at radius 2 is 1.90 bits per heavy atom. The van der Waals surface area contributed by atoms with Gasteiger partial charge in [0.1, 0.15) is 18.0 Å². The summed E-state index contributed by atoms with van der Waals surface area (Å²) < 4.78 is 54.4. The Labute approximate surface area is 232 Å². The maximum Gasteiger partial charge on any atom is 0.401 e. The second kappa shape index (κ2) is 10.1. The summed E-state index contributed by atoms with van der Waals surface area (Å²) >= 11 is 0. The van der Waals surface area contributed by atoms with E-state index >= 15 is 4.39 Å². The number of nitriles is 1. The monoisotopic (exact) mass is 561 g/mol. The van der Waals surface area contributed by atoms with Gasteiger partial charge in [-0.3, -0.25) is 9.69 Å². The molecule has 3 heterocycles. The summed E-state index contributed by atoms with van der Waals surface area (Å²) in [5, 5.41) is 19.9. The highest BCUT2D eigenvalue weighted by Crippen LogP contribution is 2.43. The third kappa shape index (κ3) is 5.28. The van der Waals surface area contributed by atoms with Gasteiger partial charge in [0.05, 0.1) is 24.7 Å². The van der Waals surface area contributed by atoms with E-state index in [-0.39, 0.29) is 35.7 Å². The number of fused-ring (bicyclic) bond motifs is 1. The molecule has 6 rings (SSSR count). The van der Waals surface area contributed by atoms with Gasteiger partial charge in [0, 0.05) is 41.9 Å². The van der Waals surface area contributed by atoms with Crippen LogP contribution in [0.1, 0.15) is 51.5 Å². The standard InChI is InChI=1S/C29H23F4N7O/c1-39-15-36-38-27(39)21-6-16(11-34)2-5-20(21)19-9-25(18-3-4-18)37-26(10-19)40-13-23-22(28(40)41)7-17(8-24(23)30)12-35-14-29(31,32)33/h2,5-10,15,18,35H,3-4,12-14H2,1H3. The Hall–Kier alpha value is -4.63. The Kier molecular flexibility index (Phi) is 6.54. The third-order valence-electron chi connectivity index (χ3n) is 7.22. The number of alkyl halides is 3. The Morgan fingerprint density at radius 1 is 1.10 bits per heavy atom. The van der Waals surface area contributed by atoms with E-state index in [4.69, 9.17) is 4.98 Å². The van der Waals surface area contributed by atoms with Crippen LogP contribution in [0, 0.1) is 17.1 Å². The van der Waals surface area contributed by atoms with Crippen molar-refractivity contribution < 1.29 is 22.4 Å². The number of aromatic nitrogens is 4. The molecule has 0 radical (unpaired) electrons. The molecular weight excluding hydrogens is 538 g/mol. The van der Waals surface area contributed by atoms with Gasteiger partial charge in [-0.2, -0.15) is 18.4 Å². The number of nitrogens with zero attached hydrogens (tertiary/aromatic N) is 6. The van der Waals surface area contributed by atoms with Crippen LogP contribution in [0.15, 0.2) is 48.8 Å². The molecule has 1 N–H and O–H groups in total. The average molecular weight is 562 g/mol. The third-order valence-corrected chi connectivity index (χ3v) is 7.22. The predicted molar refractivity (Wildman–Crippen MR) is 141 cm³/mol. The number of carbonyl (C=O) groups is 1. The molecule has 2 aliphatic rings. The number of halogens is 4. The van der Waals surface area contributed by atoms with Crippen LogP contribution in [0.3, 0.4) is 0 Å². The van der Waals surface area contributed by atoms with Crippen molar-refractivity contribution in [2.75, 3.05) is 11.4 Å². The molecule has 1 saturated carbocycles. The fourth-order valence-corrected chi connectivity index (χ4v) is 5.05. The zero-order valence-corrected chi connectivity index (χ0v) is 21.8. The van der Waals surface area contributed by atoms with Gasteiger partial charge in [-0.25, -0.2) is 9.37 Å². The van der Waals surface area contributed by atoms with Crippen molar-refractivity contribution in [1.82, 2.24) is 25.1 Å². The van der Waals surface area contributed by atoms with Crippen molar-refractivity contribution in [3.05, 3.63) is 82.6 Å². The van der Waals surface area contributed by atoms with Gasteiger partial charge >= 0.3 is 6.18 Å². The summed E-state index contributed by atoms with van der Waals surface area (Å²) in [6.07, 6.45) is -0.931. The van der Waals surface area contributed by atoms with Crippen LogP contribution >= 0.6 is 0 Å². The van der Waals surface area contributed by atoms with Gasteiger partial charge in [-0.15, -0.1) is 10.2 Å². The number of amides is 1. The van der Waals surface area contributed by atoms with Gasteiger partial charge in [0.25, 0.3) is 5.91 Å². The second-order valence-electron chi connectivity index (χ2n) is 10.3. The minimum atomic E-state index is -4.40. The first kappa shape index (κ1) is 26.6. The maximum atomic E-state index is 15.1. The van der Waals surface area contributed by atoms with Crippen molar-refractivity contribution in [1.29, 1.82) is 5.26 Å². The molecule has 12 heteroatoms. The summed E-state index contributed by atoms with van der Waals surface area (Å²) in [6.45, 7) is -1.52. The molecule has 1 amide bonds. The number of aryl methyl sites for hydroxylation is 1. The molecule has 1 fully saturated rings. The normalized spacial score (nSPS) is 14.8. The van der Waals surface area contributed by atoms with E-state index in [0.29, 0.717) is 22.8 Å². The molecule has 1 aliphatic heterocycles. The number of anilines is 1. The highest BCUT2D eigenvalue weighted by atomic mass is 19.4. The van der Waals surface area contributed by atoms with Crippen LogP contribution in [0.4, 0.5) is 23.4 Å². The molecule has 4 aromatic rings. The summed E-state index contributed by atoms with van der Waals surface area (Å²) in [6, 6.07) is 13.7. The van der Waals surface area contributed by atoms with Gasteiger partial charge < -0.3 is 9.88 Å². The molecule has 1 aliphatic carbocycles. The highest BCUT2D eigenvalue weighted by molar-refractivity contribution is 6.10. The maximum absolute atomic E-state index is 15.1. The molecule has 2 aromatic heterocycles. The van der Waals surface area contributed by atoms with Crippen molar-refractivity contribution >= 4 is 11.7 Å². The van der Waals surface area contributed by atoms with Crippen LogP contribution in [0.5, 0.6) is 0 Å². The van der Waals surface area contributed by atoms with Gasteiger partial charge in [-0.05, 0) is 65.9 Å². The fraction of sp³-hybridized carbons (Fsp3) is 0.276. The molecule has 41 heavy (non-hydrogen) atoms. The van der Waals surface area contributed by atoms with E-state index in [0.717, 1.165) is 35.7 Å². The van der Waals surface area contributed by atoms with E-state index in [1.807, 2.05) is 12.1 Å². The number of hydrogen-bond acceptors (Lipinski definition) is 6. The number of nitrogens with one attached hydrogen (secondary N) is 1. The Bertz CT molecular complexity index is 1720. The number of benzene rings is 2. The molecule has 0 unspecified atom stereocenters. The first-order valence-corrected chi connectivity index (χ1v) is 12.9. The molecule has 0 spiro atoms. The minimum absolute atomic E-state index is 0.0552. The smallest absolute Gasteiger partial charge is 0.317 e. The lowest BCUT2D eigenvalue weighted by atomic mass is 9.96. The molecule has 208 valence electrons. The van der Waals surface area contributed by atoms with Crippen LogP contribution in [0.25, 0.3) is 22.5 Å². The number of pyridine rings is 1. The second-order valence-corrected chi connectivity index (χ2v) is 10.3. The van der Waals surface area contributed by atoms with E-state index in [9.17, 15) is 23.2 Å². The lowest BCUT2D eigenvalue weighted by Crippen LogP contribution is -2.28. The molecule has 8 nitrogen and oxygen atoms in total. The zero-order valence-electron chi connectivity index (χ0n) is 21.8. The van der Waals surface area contributed by atoms with Gasteiger partial charge in [0.15, 0.2) is 5.82 Å². The van der Waals surface area contributed by atoms with Crippen LogP contribution in [-0.2, 0) is 20.1 Å². The number of carbonyl (C=O) groups excluding carboxylic acids is 1. The lowest BCUT2D eigenvalue weighted by Gasteiger charge is -2.18. The van der Waals surface area contributed by atoms with Crippen molar-refractivity contribution in [2.24, 2.45) is 7.05 Å². The van der Waals surface area contributed by atoms with Crippen LogP contribution in [0.2, 0.25) is 0 Å². The number of hydrogen-bond donors (Lipinski definition) is 1.